The summed E-state index contributed by atoms with van der Waals surface area (Å²) in [5, 5.41) is 0.623. The van der Waals surface area contributed by atoms with Crippen LogP contribution in [0, 0.1) is 0 Å². The second-order valence-corrected chi connectivity index (χ2v) is 6.05. The van der Waals surface area contributed by atoms with Crippen LogP contribution in [-0.2, 0) is 14.3 Å². The van der Waals surface area contributed by atoms with Crippen LogP contribution in [0.25, 0.3) is 0 Å². The Hall–Kier alpha value is -1.81. The molecule has 3 rings (SSSR count). The zero-order chi connectivity index (χ0) is 15.7. The molecule has 1 aliphatic carbocycles. The standard InChI is InChI=1S/C17H18ClNO3/c1-2-19-6-7-22-17(19)16-14(20)9-12(10-15(16)21)11-4-3-5-13(18)8-11/h3-5,8,12H,2,6-7,9-10H2,1H3. The van der Waals surface area contributed by atoms with E-state index in [0.717, 1.165) is 18.7 Å². The molecule has 0 bridgehead atoms. The van der Waals surface area contributed by atoms with Crippen molar-refractivity contribution in [2.75, 3.05) is 19.7 Å². The number of halogens is 1. The highest BCUT2D eigenvalue weighted by molar-refractivity contribution is 6.30. The molecule has 5 heteroatoms. The largest absolute Gasteiger partial charge is 0.477 e. The first kappa shape index (κ1) is 15.1. The summed E-state index contributed by atoms with van der Waals surface area (Å²) in [6.45, 7) is 3.98. The predicted octanol–water partition coefficient (Wildman–Crippen LogP) is 2.92. The molecule has 1 aliphatic heterocycles. The monoisotopic (exact) mass is 319 g/mol. The summed E-state index contributed by atoms with van der Waals surface area (Å²) in [4.78, 5) is 27.0. The molecule has 1 saturated heterocycles. The molecule has 0 amide bonds. The molecule has 116 valence electrons. The van der Waals surface area contributed by atoms with Gasteiger partial charge in [-0.05, 0) is 30.5 Å². The molecule has 0 spiro atoms. The lowest BCUT2D eigenvalue weighted by atomic mass is 9.80. The molecule has 2 fully saturated rings. The van der Waals surface area contributed by atoms with E-state index in [1.54, 1.807) is 6.07 Å². The van der Waals surface area contributed by atoms with Gasteiger partial charge in [0.05, 0.1) is 6.54 Å². The molecule has 1 heterocycles. The van der Waals surface area contributed by atoms with Gasteiger partial charge in [0.2, 0.25) is 5.88 Å². The number of hydrogen-bond donors (Lipinski definition) is 0. The van der Waals surface area contributed by atoms with E-state index in [1.807, 2.05) is 30.0 Å². The van der Waals surface area contributed by atoms with Gasteiger partial charge in [0, 0.05) is 24.4 Å². The Balaban J connectivity index is 1.88. The first-order valence-corrected chi connectivity index (χ1v) is 7.91. The van der Waals surface area contributed by atoms with Crippen LogP contribution < -0.4 is 0 Å². The van der Waals surface area contributed by atoms with Crippen molar-refractivity contribution in [1.82, 2.24) is 4.90 Å². The quantitative estimate of drug-likeness (QED) is 0.621. The molecule has 0 aromatic heterocycles. The van der Waals surface area contributed by atoms with Crippen LogP contribution in [0.15, 0.2) is 35.7 Å². The van der Waals surface area contributed by atoms with Crippen LogP contribution in [0.1, 0.15) is 31.2 Å². The number of allylic oxidation sites excluding steroid dienone is 1. The maximum absolute atomic E-state index is 12.5. The molecule has 0 N–H and O–H groups in total. The fourth-order valence-corrected chi connectivity index (χ4v) is 3.29. The molecule has 1 aromatic rings. The van der Waals surface area contributed by atoms with Gasteiger partial charge in [-0.2, -0.15) is 0 Å². The van der Waals surface area contributed by atoms with E-state index in [2.05, 4.69) is 0 Å². The Morgan fingerprint density at radius 2 is 2.00 bits per heavy atom. The first-order chi connectivity index (χ1) is 10.6. The average Bonchev–Trinajstić information content (AvgIpc) is 2.94. The number of likely N-dealkylation sites (N-methyl/N-ethyl adjacent to an activating group) is 1. The number of ketones is 2. The Morgan fingerprint density at radius 1 is 1.27 bits per heavy atom. The Bertz CT molecular complexity index is 633. The van der Waals surface area contributed by atoms with Gasteiger partial charge in [-0.25, -0.2) is 0 Å². The summed E-state index contributed by atoms with van der Waals surface area (Å²) >= 11 is 6.00. The fourth-order valence-electron chi connectivity index (χ4n) is 3.09. The van der Waals surface area contributed by atoms with Crippen molar-refractivity contribution >= 4 is 23.2 Å². The van der Waals surface area contributed by atoms with Gasteiger partial charge in [-0.1, -0.05) is 23.7 Å². The summed E-state index contributed by atoms with van der Waals surface area (Å²) < 4.78 is 5.54. The minimum Gasteiger partial charge on any atom is -0.477 e. The Morgan fingerprint density at radius 3 is 2.64 bits per heavy atom. The summed E-state index contributed by atoms with van der Waals surface area (Å²) in [6.07, 6.45) is 0.650. The van der Waals surface area contributed by atoms with Crippen molar-refractivity contribution in [3.8, 4) is 0 Å². The van der Waals surface area contributed by atoms with Crippen molar-refractivity contribution in [3.05, 3.63) is 46.3 Å². The molecular weight excluding hydrogens is 302 g/mol. The van der Waals surface area contributed by atoms with Gasteiger partial charge in [0.15, 0.2) is 11.6 Å². The lowest BCUT2D eigenvalue weighted by Gasteiger charge is -2.25. The van der Waals surface area contributed by atoms with Crippen molar-refractivity contribution in [2.24, 2.45) is 0 Å². The van der Waals surface area contributed by atoms with Gasteiger partial charge in [0.25, 0.3) is 0 Å². The molecule has 0 radical (unpaired) electrons. The molecule has 22 heavy (non-hydrogen) atoms. The van der Waals surface area contributed by atoms with Crippen molar-refractivity contribution in [3.63, 3.8) is 0 Å². The van der Waals surface area contributed by atoms with Crippen LogP contribution in [0.2, 0.25) is 5.02 Å². The highest BCUT2D eigenvalue weighted by Crippen LogP contribution is 2.35. The Kier molecular flexibility index (Phi) is 4.21. The topological polar surface area (TPSA) is 46.6 Å². The van der Waals surface area contributed by atoms with E-state index in [0.29, 0.717) is 30.4 Å². The number of ether oxygens (including phenoxy) is 1. The third-order valence-corrected chi connectivity index (χ3v) is 4.46. The van der Waals surface area contributed by atoms with Gasteiger partial charge >= 0.3 is 0 Å². The van der Waals surface area contributed by atoms with Crippen LogP contribution in [-0.4, -0.2) is 36.2 Å². The summed E-state index contributed by atoms with van der Waals surface area (Å²) in [5.74, 6) is 0.120. The number of carbonyl (C=O) groups excluding carboxylic acids is 2. The van der Waals surface area contributed by atoms with Crippen LogP contribution in [0.4, 0.5) is 0 Å². The normalized spacial score (nSPS) is 22.3. The number of Topliss-reactive ketones (excluding diaryl/α,β-unsaturated/α-hetero) is 2. The van der Waals surface area contributed by atoms with Gasteiger partial charge in [0.1, 0.15) is 12.2 Å². The summed E-state index contributed by atoms with van der Waals surface area (Å²) in [7, 11) is 0. The second-order valence-electron chi connectivity index (χ2n) is 5.61. The fraction of sp³-hybridized carbons (Fsp3) is 0.412. The molecule has 2 aliphatic rings. The second kappa shape index (κ2) is 6.13. The smallest absolute Gasteiger partial charge is 0.204 e. The van der Waals surface area contributed by atoms with E-state index in [9.17, 15) is 9.59 Å². The van der Waals surface area contributed by atoms with Crippen LogP contribution >= 0.6 is 11.6 Å². The minimum atomic E-state index is -0.128. The summed E-state index contributed by atoms with van der Waals surface area (Å²) in [6, 6.07) is 7.38. The number of rotatable bonds is 2. The zero-order valence-electron chi connectivity index (χ0n) is 12.5. The van der Waals surface area contributed by atoms with E-state index >= 15 is 0 Å². The zero-order valence-corrected chi connectivity index (χ0v) is 13.2. The number of carbonyl (C=O) groups is 2. The van der Waals surface area contributed by atoms with E-state index in [4.69, 9.17) is 16.3 Å². The lowest BCUT2D eigenvalue weighted by Crippen LogP contribution is -2.30. The predicted molar refractivity (Wildman–Crippen MR) is 83.7 cm³/mol. The Labute approximate surface area is 134 Å². The van der Waals surface area contributed by atoms with E-state index in [1.165, 1.54) is 0 Å². The van der Waals surface area contributed by atoms with Crippen LogP contribution in [0.5, 0.6) is 0 Å². The highest BCUT2D eigenvalue weighted by Gasteiger charge is 2.37. The number of benzene rings is 1. The van der Waals surface area contributed by atoms with E-state index < -0.39 is 0 Å². The van der Waals surface area contributed by atoms with Crippen LogP contribution in [0.3, 0.4) is 0 Å². The molecule has 0 atom stereocenters. The van der Waals surface area contributed by atoms with Gasteiger partial charge in [-0.15, -0.1) is 0 Å². The average molecular weight is 320 g/mol. The molecule has 1 saturated carbocycles. The maximum atomic E-state index is 12.5. The van der Waals surface area contributed by atoms with Crippen molar-refractivity contribution < 1.29 is 14.3 Å². The molecule has 4 nitrogen and oxygen atoms in total. The van der Waals surface area contributed by atoms with Crippen molar-refractivity contribution in [1.29, 1.82) is 0 Å². The third-order valence-electron chi connectivity index (χ3n) is 4.22. The van der Waals surface area contributed by atoms with Gasteiger partial charge < -0.3 is 9.64 Å². The van der Waals surface area contributed by atoms with Gasteiger partial charge in [-0.3, -0.25) is 9.59 Å². The highest BCUT2D eigenvalue weighted by atomic mass is 35.5. The number of nitrogens with zero attached hydrogens (tertiary/aromatic N) is 1. The maximum Gasteiger partial charge on any atom is 0.204 e. The summed E-state index contributed by atoms with van der Waals surface area (Å²) in [5.41, 5.74) is 1.19. The third kappa shape index (κ3) is 2.75. The number of hydrogen-bond acceptors (Lipinski definition) is 4. The lowest BCUT2D eigenvalue weighted by molar-refractivity contribution is -0.124. The molecule has 0 unspecified atom stereocenters. The van der Waals surface area contributed by atoms with Crippen molar-refractivity contribution in [2.45, 2.75) is 25.7 Å². The molecule has 1 aromatic carbocycles. The SMILES string of the molecule is CCN1CCOC1=C1C(=O)CC(c2cccc(Cl)c2)CC1=O. The molecular formula is C17H18ClNO3. The minimum absolute atomic E-state index is 0.0977. The van der Waals surface area contributed by atoms with E-state index in [-0.39, 0.29) is 23.1 Å². The first-order valence-electron chi connectivity index (χ1n) is 7.54.